The first-order chi connectivity index (χ1) is 2.77. The van der Waals surface area contributed by atoms with E-state index in [-0.39, 0.29) is 5.41 Å². The van der Waals surface area contributed by atoms with Crippen LogP contribution in [0.1, 0.15) is 6.92 Å². The maximum atomic E-state index is 5.06. The Morgan fingerprint density at radius 3 is 2.17 bits per heavy atom. The first-order valence-electron chi connectivity index (χ1n) is 1.95. The van der Waals surface area contributed by atoms with Crippen molar-refractivity contribution >= 4 is 0 Å². The van der Waals surface area contributed by atoms with Gasteiger partial charge in [-0.15, -0.1) is 6.42 Å². The van der Waals surface area contributed by atoms with Crippen molar-refractivity contribution in [2.45, 2.75) is 6.92 Å². The molecule has 1 aliphatic rings. The standard InChI is InChI=1S/C6H6/c1-3-6(2)4-5-6/h1,4-5H,2H3. The zero-order valence-corrected chi connectivity index (χ0v) is 3.73. The molecule has 0 N–H and O–H groups in total. The molecule has 0 saturated heterocycles. The molecular formula is C6H6. The van der Waals surface area contributed by atoms with E-state index in [2.05, 4.69) is 5.92 Å². The summed E-state index contributed by atoms with van der Waals surface area (Å²) in [7, 11) is 0. The molecule has 0 aromatic rings. The van der Waals surface area contributed by atoms with Gasteiger partial charge in [0.25, 0.3) is 0 Å². The van der Waals surface area contributed by atoms with Crippen LogP contribution in [0.3, 0.4) is 0 Å². The molecule has 6 heavy (non-hydrogen) atoms. The van der Waals surface area contributed by atoms with E-state index in [1.165, 1.54) is 0 Å². The molecule has 0 saturated carbocycles. The SMILES string of the molecule is C#CC1(C)C=C1. The van der Waals surface area contributed by atoms with E-state index in [0.717, 1.165) is 0 Å². The highest BCUT2D eigenvalue weighted by Crippen LogP contribution is 2.31. The fraction of sp³-hybridized carbons (Fsp3) is 0.333. The number of rotatable bonds is 0. The van der Waals surface area contributed by atoms with Crippen LogP contribution in [0.15, 0.2) is 12.2 Å². The van der Waals surface area contributed by atoms with E-state index in [0.29, 0.717) is 0 Å². The van der Waals surface area contributed by atoms with Gasteiger partial charge >= 0.3 is 0 Å². The van der Waals surface area contributed by atoms with Gasteiger partial charge in [-0.25, -0.2) is 0 Å². The minimum atomic E-state index is 0.0694. The molecule has 0 fully saturated rings. The number of hydrogen-bond acceptors (Lipinski definition) is 0. The van der Waals surface area contributed by atoms with Crippen molar-refractivity contribution in [2.75, 3.05) is 0 Å². The summed E-state index contributed by atoms with van der Waals surface area (Å²) >= 11 is 0. The highest BCUT2D eigenvalue weighted by molar-refractivity contribution is 5.36. The Morgan fingerprint density at radius 1 is 1.67 bits per heavy atom. The second-order valence-electron chi connectivity index (χ2n) is 1.76. The van der Waals surface area contributed by atoms with Crippen molar-refractivity contribution in [3.63, 3.8) is 0 Å². The number of allylic oxidation sites excluding steroid dienone is 2. The molecule has 0 spiro atoms. The van der Waals surface area contributed by atoms with Crippen LogP contribution in [-0.2, 0) is 0 Å². The molecule has 0 unspecified atom stereocenters. The molecule has 0 nitrogen and oxygen atoms in total. The molecular weight excluding hydrogens is 72.1 g/mol. The Hall–Kier alpha value is -0.700. The number of hydrogen-bond donors (Lipinski definition) is 0. The van der Waals surface area contributed by atoms with Crippen molar-refractivity contribution in [1.29, 1.82) is 0 Å². The lowest BCUT2D eigenvalue weighted by molar-refractivity contribution is 0.877. The summed E-state index contributed by atoms with van der Waals surface area (Å²) in [6.45, 7) is 2.01. The summed E-state index contributed by atoms with van der Waals surface area (Å²) in [5.74, 6) is 2.60. The summed E-state index contributed by atoms with van der Waals surface area (Å²) < 4.78 is 0. The second kappa shape index (κ2) is 0.680. The van der Waals surface area contributed by atoms with Gasteiger partial charge in [-0.3, -0.25) is 0 Å². The molecule has 30 valence electrons. The molecule has 0 radical (unpaired) electrons. The van der Waals surface area contributed by atoms with Gasteiger partial charge in [-0.05, 0) is 6.92 Å². The third kappa shape index (κ3) is 0.328. The fourth-order valence-corrected chi connectivity index (χ4v) is 0.221. The van der Waals surface area contributed by atoms with Gasteiger partial charge in [0, 0.05) is 0 Å². The van der Waals surface area contributed by atoms with Gasteiger partial charge < -0.3 is 0 Å². The molecule has 0 amide bonds. The van der Waals surface area contributed by atoms with Crippen LogP contribution in [0, 0.1) is 17.8 Å². The third-order valence-electron chi connectivity index (χ3n) is 0.978. The monoisotopic (exact) mass is 78.0 g/mol. The van der Waals surface area contributed by atoms with Gasteiger partial charge in [0.1, 0.15) is 0 Å². The van der Waals surface area contributed by atoms with Crippen LogP contribution in [-0.4, -0.2) is 0 Å². The van der Waals surface area contributed by atoms with Crippen LogP contribution in [0.25, 0.3) is 0 Å². The van der Waals surface area contributed by atoms with E-state index in [1.54, 1.807) is 0 Å². The fourth-order valence-electron chi connectivity index (χ4n) is 0.221. The minimum Gasteiger partial charge on any atom is -0.119 e. The molecule has 0 bridgehead atoms. The van der Waals surface area contributed by atoms with Crippen molar-refractivity contribution in [1.82, 2.24) is 0 Å². The summed E-state index contributed by atoms with van der Waals surface area (Å²) in [4.78, 5) is 0. The van der Waals surface area contributed by atoms with Gasteiger partial charge in [0.05, 0.1) is 5.41 Å². The third-order valence-corrected chi connectivity index (χ3v) is 0.978. The van der Waals surface area contributed by atoms with E-state index in [1.807, 2.05) is 19.1 Å². The summed E-state index contributed by atoms with van der Waals surface area (Å²) in [5, 5.41) is 0. The smallest absolute Gasteiger partial charge is 0.0644 e. The quantitative estimate of drug-likeness (QED) is 0.301. The van der Waals surface area contributed by atoms with Crippen LogP contribution in [0.2, 0.25) is 0 Å². The highest BCUT2D eigenvalue weighted by atomic mass is 14.2. The maximum Gasteiger partial charge on any atom is 0.0644 e. The summed E-state index contributed by atoms with van der Waals surface area (Å²) in [6.07, 6.45) is 9.07. The van der Waals surface area contributed by atoms with Crippen molar-refractivity contribution in [3.05, 3.63) is 12.2 Å². The van der Waals surface area contributed by atoms with Gasteiger partial charge in [0.15, 0.2) is 0 Å². The van der Waals surface area contributed by atoms with E-state index in [9.17, 15) is 0 Å². The van der Waals surface area contributed by atoms with Crippen molar-refractivity contribution < 1.29 is 0 Å². The van der Waals surface area contributed by atoms with Gasteiger partial charge in [-0.2, -0.15) is 0 Å². The largest absolute Gasteiger partial charge is 0.119 e. The van der Waals surface area contributed by atoms with Crippen LogP contribution in [0.4, 0.5) is 0 Å². The zero-order chi connectivity index (χ0) is 4.62. The maximum absolute atomic E-state index is 5.06. The minimum absolute atomic E-state index is 0.0694. The van der Waals surface area contributed by atoms with Gasteiger partial charge in [0.2, 0.25) is 0 Å². The second-order valence-corrected chi connectivity index (χ2v) is 1.76. The van der Waals surface area contributed by atoms with Crippen molar-refractivity contribution in [3.8, 4) is 12.3 Å². The van der Waals surface area contributed by atoms with Crippen molar-refractivity contribution in [2.24, 2.45) is 5.41 Å². The lowest BCUT2D eigenvalue weighted by atomic mass is 10.1. The first-order valence-corrected chi connectivity index (χ1v) is 1.95. The average molecular weight is 78.1 g/mol. The first kappa shape index (κ1) is 3.49. The molecule has 0 aromatic heterocycles. The Labute approximate surface area is 37.9 Å². The summed E-state index contributed by atoms with van der Waals surface area (Å²) in [6, 6.07) is 0. The van der Waals surface area contributed by atoms with E-state index < -0.39 is 0 Å². The Bertz CT molecular complexity index is 117. The molecule has 0 aliphatic heterocycles. The van der Waals surface area contributed by atoms with E-state index in [4.69, 9.17) is 6.42 Å². The zero-order valence-electron chi connectivity index (χ0n) is 3.73. The normalized spacial score (nSPS) is 22.7. The molecule has 1 rings (SSSR count). The lowest BCUT2D eigenvalue weighted by Gasteiger charge is -1.89. The highest BCUT2D eigenvalue weighted by Gasteiger charge is 2.23. The molecule has 0 heterocycles. The molecule has 1 aliphatic carbocycles. The lowest BCUT2D eigenvalue weighted by Crippen LogP contribution is -1.84. The predicted molar refractivity (Wildman–Crippen MR) is 26.1 cm³/mol. The Kier molecular flexibility index (Phi) is 0.395. The topological polar surface area (TPSA) is 0 Å². The molecule has 0 atom stereocenters. The Balaban J connectivity index is 2.59. The van der Waals surface area contributed by atoms with Gasteiger partial charge in [-0.1, -0.05) is 18.1 Å². The van der Waals surface area contributed by atoms with Crippen LogP contribution in [0.5, 0.6) is 0 Å². The van der Waals surface area contributed by atoms with Crippen LogP contribution < -0.4 is 0 Å². The summed E-state index contributed by atoms with van der Waals surface area (Å²) in [5.41, 5.74) is 0.0694. The predicted octanol–water partition coefficient (Wildman–Crippen LogP) is 1.20. The van der Waals surface area contributed by atoms with E-state index >= 15 is 0 Å². The number of terminal acetylenes is 1. The average Bonchev–Trinajstić information content (AvgIpc) is 2.22. The Morgan fingerprint density at radius 2 is 2.17 bits per heavy atom. The van der Waals surface area contributed by atoms with Crippen LogP contribution >= 0.6 is 0 Å². The molecule has 0 aromatic carbocycles. The molecule has 0 heteroatoms.